The minimum atomic E-state index is -4.43. The van der Waals surface area contributed by atoms with Crippen LogP contribution in [0.25, 0.3) is 0 Å². The van der Waals surface area contributed by atoms with E-state index in [0.29, 0.717) is 138 Å². The van der Waals surface area contributed by atoms with Gasteiger partial charge < -0.3 is 31.9 Å². The molecule has 30 nitrogen and oxygen atoms in total. The minimum absolute atomic E-state index is 0. The maximum atomic E-state index is 13.3. The van der Waals surface area contributed by atoms with E-state index < -0.39 is 95.4 Å². The highest BCUT2D eigenvalue weighted by atomic mass is 79.9. The average Bonchev–Trinajstić information content (AvgIpc) is 0.856. The van der Waals surface area contributed by atoms with Crippen LogP contribution in [-0.4, -0.2) is 228 Å². The summed E-state index contributed by atoms with van der Waals surface area (Å²) in [5, 5.41) is 16.8. The van der Waals surface area contributed by atoms with Gasteiger partial charge in [-0.1, -0.05) is 62.5 Å². The third-order valence-electron chi connectivity index (χ3n) is 20.5. The number of alkyl halides is 3. The van der Waals surface area contributed by atoms with Crippen molar-refractivity contribution in [3.63, 3.8) is 0 Å². The number of carbonyl (C=O) groups is 6. The predicted molar refractivity (Wildman–Crippen MR) is 482 cm³/mol. The molecule has 6 heterocycles. The Bertz CT molecular complexity index is 4960. The predicted octanol–water partition coefficient (Wildman–Crippen LogP) is 12.5. The van der Waals surface area contributed by atoms with Gasteiger partial charge in [-0.15, -0.1) is 0 Å². The summed E-state index contributed by atoms with van der Waals surface area (Å²) in [4.78, 5) is 72.9. The number of halogens is 9. The van der Waals surface area contributed by atoms with Crippen molar-refractivity contribution in [1.82, 2.24) is 25.8 Å². The molecule has 12 rings (SSSR count). The molecule has 6 saturated heterocycles. The lowest BCUT2D eigenvalue weighted by Crippen LogP contribution is -2.43. The van der Waals surface area contributed by atoms with Crippen molar-refractivity contribution < 1.29 is 101 Å². The first kappa shape index (κ1) is 107. The highest BCUT2D eigenvalue weighted by Crippen LogP contribution is 2.32. The van der Waals surface area contributed by atoms with E-state index >= 15 is 0 Å². The Labute approximate surface area is 755 Å². The molecule has 0 bridgehead atoms. The Morgan fingerprint density at radius 2 is 0.528 bits per heavy atom. The Kier molecular flexibility index (Phi) is 40.8. The molecule has 6 aliphatic rings. The SMILES string of the molecule is C.CS(=O)(=O)N1CCCC(C(=O)Nc2ccc(Br)cc2)C1.CS(=O)(=O)N1CCC[C@@H](C(=O)Nc2ccc(Cl)cc2)C1.CS(=O)(=O)N1CCC[C@H](C(=O)Nc2ccc(Br)cc2)C1.CS(=O)(=O)N1CCC[C@H](C(=O)Nc2ccc(C(F)(F)F)cc2)C1.CS(=O)(=O)N1CCC[C@H](C(=O)Nc2ccc(Cl)c(F)c2)C1.CS(=O)(=O)N1CCC[C@H](C(=O)Nc2ccc(F)cc2)C1. The zero-order chi connectivity index (χ0) is 91.9. The third kappa shape index (κ3) is 36.3. The number of hydrogen-bond acceptors (Lipinski definition) is 18. The number of amides is 6. The van der Waals surface area contributed by atoms with Gasteiger partial charge in [-0.3, -0.25) is 28.8 Å². The van der Waals surface area contributed by atoms with Crippen molar-refractivity contribution in [3.05, 3.63) is 176 Å². The molecular weight excluding hydrogens is 1940 g/mol. The molecule has 6 aliphatic heterocycles. The van der Waals surface area contributed by atoms with E-state index in [1.807, 2.05) is 24.3 Å². The number of nitrogens with zero attached hydrogens (tertiary/aromatic N) is 6. The largest absolute Gasteiger partial charge is 0.416 e. The molecule has 6 amide bonds. The van der Waals surface area contributed by atoms with Gasteiger partial charge in [-0.05, 0) is 217 Å². The van der Waals surface area contributed by atoms with Gasteiger partial charge in [0, 0.05) is 127 Å². The van der Waals surface area contributed by atoms with Crippen molar-refractivity contribution in [3.8, 4) is 0 Å². The van der Waals surface area contributed by atoms with Crippen molar-refractivity contribution in [2.24, 2.45) is 35.5 Å². The van der Waals surface area contributed by atoms with Crippen LogP contribution in [0.3, 0.4) is 0 Å². The van der Waals surface area contributed by atoms with Crippen molar-refractivity contribution in [1.29, 1.82) is 0 Å². The molecule has 45 heteroatoms. The summed E-state index contributed by atoms with van der Waals surface area (Å²) in [5.74, 6) is -4.54. The monoisotopic (exact) mass is 2040 g/mol. The number of nitrogens with one attached hydrogen (secondary N) is 6. The molecule has 6 N–H and O–H groups in total. The summed E-state index contributed by atoms with van der Waals surface area (Å²) in [6.07, 6.45) is 10.4. The van der Waals surface area contributed by atoms with Gasteiger partial charge in [0.05, 0.1) is 83.6 Å². The summed E-state index contributed by atoms with van der Waals surface area (Å²) in [7, 11) is -19.6. The molecule has 1 unspecified atom stereocenters. The van der Waals surface area contributed by atoms with Gasteiger partial charge >= 0.3 is 6.18 Å². The Balaban J connectivity index is 0.000000232. The first-order valence-corrected chi connectivity index (χ1v) is 52.4. The van der Waals surface area contributed by atoms with Crippen molar-refractivity contribution in [2.75, 3.05) is 148 Å². The van der Waals surface area contributed by atoms with Crippen LogP contribution in [0.5, 0.6) is 0 Å². The summed E-state index contributed by atoms with van der Waals surface area (Å²) < 4.78 is 212. The van der Waals surface area contributed by atoms with Gasteiger partial charge in [0.15, 0.2) is 0 Å². The molecule has 6 fully saturated rings. The van der Waals surface area contributed by atoms with Crippen LogP contribution in [0.2, 0.25) is 10.0 Å². The van der Waals surface area contributed by atoms with Gasteiger partial charge in [-0.25, -0.2) is 85.1 Å². The molecule has 0 spiro atoms. The Hall–Kier alpha value is -7.21. The number of sulfonamides is 6. The van der Waals surface area contributed by atoms with Crippen LogP contribution in [0.1, 0.15) is 90.0 Å². The number of benzene rings is 6. The van der Waals surface area contributed by atoms with Gasteiger partial charge in [0.1, 0.15) is 11.6 Å². The molecule has 0 saturated carbocycles. The lowest BCUT2D eigenvalue weighted by atomic mass is 9.98. The van der Waals surface area contributed by atoms with Crippen LogP contribution in [-0.2, 0) is 95.1 Å². The highest BCUT2D eigenvalue weighted by Gasteiger charge is 2.37. The lowest BCUT2D eigenvalue weighted by Gasteiger charge is -2.30. The van der Waals surface area contributed by atoms with Crippen molar-refractivity contribution >= 4 is 185 Å². The molecule has 0 aliphatic carbocycles. The number of anilines is 6. The first-order chi connectivity index (χ1) is 57.8. The van der Waals surface area contributed by atoms with E-state index in [-0.39, 0.29) is 116 Å². The third-order valence-corrected chi connectivity index (χ3v) is 29.7. The van der Waals surface area contributed by atoms with Gasteiger partial charge in [-0.2, -0.15) is 13.2 Å². The maximum Gasteiger partial charge on any atom is 0.416 e. The fourth-order valence-electron chi connectivity index (χ4n) is 13.7. The standard InChI is InChI=1S/C14H17F3N2O3S.2C13H17BrN2O3S.C13H16ClFN2O3S.C13H17ClN2O3S.C13H17FN2O3S.CH4/c1-23(21,22)19-8-2-3-10(9-19)13(20)18-12-6-4-11(5-7-12)14(15,16)17;2*1-20(18,19)16-8-2-3-10(9-16)13(17)15-12-6-4-11(14)5-7-12;1-21(19,20)17-6-2-3-9(8-17)13(18)16-10-4-5-11(14)12(15)7-10;2*1-20(18,19)16-8-2-3-10(9-16)13(17)15-12-6-4-11(14)5-7-12;/h4-7,10H,2-3,8-9H2,1H3,(H,18,20);2*4-7,10H,2-3,8-9H2,1H3,(H,15,17);4-5,7,9H,2-3,6,8H2,1H3,(H,16,18);2*4-7,10H,2-3,8-9H2,1H3,(H,15,17);1H4/t2*10-;;9-;2*10-;/m00.010./s1. The van der Waals surface area contributed by atoms with E-state index in [9.17, 15) is 101 Å². The quantitative estimate of drug-likeness (QED) is 0.0435. The molecule has 6 aromatic rings. The number of hydrogen-bond donors (Lipinski definition) is 6. The number of rotatable bonds is 18. The second-order valence-electron chi connectivity index (χ2n) is 30.4. The lowest BCUT2D eigenvalue weighted by molar-refractivity contribution is -0.137. The maximum absolute atomic E-state index is 13.3. The Morgan fingerprint density at radius 1 is 0.328 bits per heavy atom. The molecule has 125 heavy (non-hydrogen) atoms. The molecule has 0 radical (unpaired) electrons. The second-order valence-corrected chi connectivity index (χ2v) is 45.0. The normalized spacial score (nSPS) is 20.3. The van der Waals surface area contributed by atoms with Crippen LogP contribution in [0.4, 0.5) is 56.1 Å². The van der Waals surface area contributed by atoms with Crippen LogP contribution in [0, 0.1) is 47.1 Å². The first-order valence-electron chi connectivity index (χ1n) is 39.0. The molecular formula is C80H105Br2Cl2F5N12O18S6. The molecule has 6 aromatic carbocycles. The highest BCUT2D eigenvalue weighted by molar-refractivity contribution is 9.10. The molecule has 692 valence electrons. The van der Waals surface area contributed by atoms with Crippen LogP contribution in [0.15, 0.2) is 148 Å². The van der Waals surface area contributed by atoms with E-state index in [2.05, 4.69) is 63.8 Å². The zero-order valence-corrected chi connectivity index (χ0v) is 78.2. The van der Waals surface area contributed by atoms with E-state index in [0.717, 1.165) is 57.3 Å². The average molecular weight is 2040 g/mol. The second kappa shape index (κ2) is 47.9. The van der Waals surface area contributed by atoms with E-state index in [1.165, 1.54) is 93.1 Å². The van der Waals surface area contributed by atoms with E-state index in [1.54, 1.807) is 48.5 Å². The summed E-state index contributed by atoms with van der Waals surface area (Å²) in [6.45, 7) is 3.98. The number of carbonyl (C=O) groups excluding carboxylic acids is 6. The smallest absolute Gasteiger partial charge is 0.326 e. The van der Waals surface area contributed by atoms with Crippen LogP contribution < -0.4 is 31.9 Å². The summed E-state index contributed by atoms with van der Waals surface area (Å²) >= 11 is 18.0. The zero-order valence-electron chi connectivity index (χ0n) is 68.6. The Morgan fingerprint density at radius 3 is 0.744 bits per heavy atom. The summed E-state index contributed by atoms with van der Waals surface area (Å²) in [6, 6.07) is 35.0. The fraction of sp³-hybridized carbons (Fsp3) is 0.475. The van der Waals surface area contributed by atoms with Gasteiger partial charge in [0.2, 0.25) is 95.6 Å². The topological polar surface area (TPSA) is 399 Å². The molecule has 0 aromatic heterocycles. The summed E-state index contributed by atoms with van der Waals surface area (Å²) in [5.41, 5.74) is 2.36. The number of piperidine rings is 6. The molecule has 6 atom stereocenters. The van der Waals surface area contributed by atoms with Crippen molar-refractivity contribution in [2.45, 2.75) is 90.7 Å². The van der Waals surface area contributed by atoms with Gasteiger partial charge in [0.25, 0.3) is 0 Å². The van der Waals surface area contributed by atoms with E-state index in [4.69, 9.17) is 23.2 Å². The fourth-order valence-corrected chi connectivity index (χ4v) is 19.9. The van der Waals surface area contributed by atoms with Crippen LogP contribution >= 0.6 is 55.1 Å². The minimum Gasteiger partial charge on any atom is -0.326 e.